The molecule has 32 heavy (non-hydrogen) atoms. The summed E-state index contributed by atoms with van der Waals surface area (Å²) < 4.78 is 6.06. The summed E-state index contributed by atoms with van der Waals surface area (Å²) in [5.74, 6) is 0.885. The van der Waals surface area contributed by atoms with E-state index in [0.717, 1.165) is 12.1 Å². The number of hydrogen-bond donors (Lipinski definition) is 0. The van der Waals surface area contributed by atoms with Crippen LogP contribution >= 0.6 is 26.6 Å². The maximum Gasteiger partial charge on any atom is 0.192 e. The van der Waals surface area contributed by atoms with Crippen LogP contribution in [-0.4, -0.2) is 12.5 Å². The van der Waals surface area contributed by atoms with E-state index in [1.54, 1.807) is 0 Å². The fourth-order valence-corrected chi connectivity index (χ4v) is 6.33. The van der Waals surface area contributed by atoms with Gasteiger partial charge in [0.15, 0.2) is 5.90 Å². The van der Waals surface area contributed by atoms with Crippen LogP contribution < -0.4 is 0 Å². The summed E-state index contributed by atoms with van der Waals surface area (Å²) in [7, 11) is 9.07. The van der Waals surface area contributed by atoms with Crippen molar-refractivity contribution in [3.8, 4) is 21.7 Å². The third-order valence-electron chi connectivity index (χ3n) is 5.31. The number of aliphatic imine (C=N–C) groups is 1. The Balaban J connectivity index is 0.000000775. The molecule has 2 nitrogen and oxygen atoms in total. The summed E-state index contributed by atoms with van der Waals surface area (Å²) in [6.07, 6.45) is 0.847. The Kier molecular flexibility index (Phi) is 8.64. The van der Waals surface area contributed by atoms with Crippen LogP contribution in [0.1, 0.15) is 11.6 Å². The van der Waals surface area contributed by atoms with Crippen LogP contribution in [0.15, 0.2) is 108 Å². The molecule has 0 fully saturated rings. The van der Waals surface area contributed by atoms with Crippen molar-refractivity contribution in [1.29, 1.82) is 0 Å². The van der Waals surface area contributed by atoms with Gasteiger partial charge >= 0.3 is 35.0 Å². The fourth-order valence-electron chi connectivity index (χ4n) is 3.85. The van der Waals surface area contributed by atoms with E-state index in [9.17, 15) is 0 Å². The van der Waals surface area contributed by atoms with Gasteiger partial charge in [0.25, 0.3) is 0 Å². The molecule has 0 amide bonds. The first-order chi connectivity index (χ1) is 15.8. The van der Waals surface area contributed by atoms with Crippen molar-refractivity contribution < 1.29 is 20.7 Å². The van der Waals surface area contributed by atoms with Gasteiger partial charge in [-0.15, -0.1) is 0 Å². The molecule has 2 heterocycles. The van der Waals surface area contributed by atoms with Gasteiger partial charge in [-0.2, -0.15) is 0 Å². The minimum Gasteiger partial charge on any atom is -0.478 e. The SMILES string of the molecule is [Cl][Pd][Cl].c1ccc(-c2ccc(-c3ccccc3)p2CC2=N[C@H](c3ccccc3)CO2)cc1. The van der Waals surface area contributed by atoms with Crippen LogP contribution in [0.5, 0.6) is 0 Å². The van der Waals surface area contributed by atoms with Crippen LogP contribution in [0.3, 0.4) is 0 Å². The Hall–Kier alpha value is -1.85. The molecule has 166 valence electrons. The summed E-state index contributed by atoms with van der Waals surface area (Å²) in [5, 5.41) is 2.79. The van der Waals surface area contributed by atoms with Crippen molar-refractivity contribution in [2.24, 2.45) is 4.99 Å². The number of halogens is 2. The minimum absolute atomic E-state index is 0.106. The second-order valence-corrected chi connectivity index (χ2v) is 11.7. The number of hydrogen-bond acceptors (Lipinski definition) is 2. The van der Waals surface area contributed by atoms with Crippen LogP contribution in [-0.2, 0) is 26.8 Å². The van der Waals surface area contributed by atoms with Crippen LogP contribution in [0.4, 0.5) is 0 Å². The van der Waals surface area contributed by atoms with Gasteiger partial charge in [0.2, 0.25) is 0 Å². The summed E-state index contributed by atoms with van der Waals surface area (Å²) in [4.78, 5) is 4.93. The van der Waals surface area contributed by atoms with Gasteiger partial charge in [0, 0.05) is 10.6 Å². The van der Waals surface area contributed by atoms with Gasteiger partial charge in [0.05, 0.1) is 6.16 Å². The monoisotopic (exact) mass is 571 g/mol. The average molecular weight is 573 g/mol. The van der Waals surface area contributed by atoms with E-state index in [0.29, 0.717) is 6.61 Å². The Morgan fingerprint density at radius 3 is 1.72 bits per heavy atom. The Morgan fingerprint density at radius 1 is 0.750 bits per heavy atom. The maximum absolute atomic E-state index is 6.06. The zero-order chi connectivity index (χ0) is 22.2. The molecule has 0 aliphatic carbocycles. The molecular weight excluding hydrogens is 551 g/mol. The molecule has 5 rings (SSSR count). The van der Waals surface area contributed by atoms with Crippen LogP contribution in [0.25, 0.3) is 21.7 Å². The molecule has 1 aromatic heterocycles. The predicted octanol–water partition coefficient (Wildman–Crippen LogP) is 8.55. The summed E-state index contributed by atoms with van der Waals surface area (Å²) in [6, 6.07) is 36.5. The predicted molar refractivity (Wildman–Crippen MR) is 134 cm³/mol. The molecule has 1 aliphatic rings. The van der Waals surface area contributed by atoms with E-state index in [1.807, 2.05) is 6.07 Å². The molecule has 1 atom stereocenters. The van der Waals surface area contributed by atoms with Crippen molar-refractivity contribution in [3.05, 3.63) is 109 Å². The zero-order valence-electron chi connectivity index (χ0n) is 17.2. The normalized spacial score (nSPS) is 14.9. The van der Waals surface area contributed by atoms with E-state index in [-0.39, 0.29) is 22.0 Å². The Bertz CT molecular complexity index is 1090. The van der Waals surface area contributed by atoms with E-state index in [2.05, 4.69) is 97.1 Å². The zero-order valence-corrected chi connectivity index (χ0v) is 21.1. The van der Waals surface area contributed by atoms with E-state index in [4.69, 9.17) is 28.8 Å². The molecule has 0 unspecified atom stereocenters. The topological polar surface area (TPSA) is 21.6 Å². The molecule has 4 aromatic rings. The third kappa shape index (κ3) is 5.74. The fraction of sp³-hybridized carbons (Fsp3) is 0.115. The third-order valence-corrected chi connectivity index (χ3v) is 7.87. The quantitative estimate of drug-likeness (QED) is 0.220. The Morgan fingerprint density at radius 2 is 1.22 bits per heavy atom. The van der Waals surface area contributed by atoms with E-state index >= 15 is 0 Å². The molecule has 0 saturated carbocycles. The van der Waals surface area contributed by atoms with Crippen molar-refractivity contribution in [1.82, 2.24) is 0 Å². The molecule has 0 bridgehead atoms. The van der Waals surface area contributed by atoms with Gasteiger partial charge in [-0.1, -0.05) is 98.5 Å². The first-order valence-corrected chi connectivity index (χ1v) is 15.7. The van der Waals surface area contributed by atoms with Crippen molar-refractivity contribution in [3.63, 3.8) is 0 Å². The average Bonchev–Trinajstić information content (AvgIpc) is 3.49. The first-order valence-electron chi connectivity index (χ1n) is 10.2. The molecule has 3 aromatic carbocycles. The number of nitrogens with zero attached hydrogens (tertiary/aromatic N) is 1. The molecule has 0 saturated heterocycles. The van der Waals surface area contributed by atoms with Gasteiger partial charge in [-0.25, -0.2) is 4.99 Å². The maximum atomic E-state index is 6.06. The molecule has 0 N–H and O–H groups in total. The Labute approximate surface area is 206 Å². The standard InChI is InChI=1S/C26H22NOP.2ClH.Pd/c1-4-10-20(11-5-1)23-18-28-26(27-23)19-29-24(21-12-6-2-7-13-21)16-17-25(29)22-14-8-3-9-15-22;;;/h1-17,23H,18-19H2;2*1H;/q;;;+2/p-2/t23-;;;/m0.../s1. The molecule has 1 aliphatic heterocycles. The number of rotatable bonds is 5. The molecule has 0 spiro atoms. The molecule has 0 radical (unpaired) electrons. The second-order valence-electron chi connectivity index (χ2n) is 7.23. The van der Waals surface area contributed by atoms with Gasteiger partial charge in [0.1, 0.15) is 12.6 Å². The van der Waals surface area contributed by atoms with E-state index in [1.165, 1.54) is 27.3 Å². The smallest absolute Gasteiger partial charge is 0.192 e. The molecule has 6 heteroatoms. The van der Waals surface area contributed by atoms with Crippen molar-refractivity contribution >= 4 is 32.5 Å². The summed E-state index contributed by atoms with van der Waals surface area (Å²) in [6.45, 7) is 0.636. The van der Waals surface area contributed by atoms with Crippen molar-refractivity contribution in [2.75, 3.05) is 6.61 Å². The summed E-state index contributed by atoms with van der Waals surface area (Å²) >= 11 is -0.106. The van der Waals surface area contributed by atoms with E-state index < -0.39 is 7.53 Å². The van der Waals surface area contributed by atoms with Crippen molar-refractivity contribution in [2.45, 2.75) is 12.2 Å². The van der Waals surface area contributed by atoms with Gasteiger partial charge in [-0.3, -0.25) is 0 Å². The van der Waals surface area contributed by atoms with Gasteiger partial charge in [-0.05, 0) is 28.8 Å². The van der Waals surface area contributed by atoms with Crippen LogP contribution in [0, 0.1) is 0 Å². The van der Waals surface area contributed by atoms with Crippen LogP contribution in [0.2, 0.25) is 0 Å². The number of ether oxygens (including phenoxy) is 1. The minimum atomic E-state index is -0.557. The molecular formula is C26H22Cl2NOPPd. The largest absolute Gasteiger partial charge is 0.478 e. The number of benzene rings is 3. The first kappa shape index (κ1) is 23.3. The second kappa shape index (κ2) is 11.9. The van der Waals surface area contributed by atoms with Gasteiger partial charge < -0.3 is 4.74 Å². The summed E-state index contributed by atoms with van der Waals surface area (Å²) in [5.41, 5.74) is 3.80.